The molecule has 0 saturated carbocycles. The summed E-state index contributed by atoms with van der Waals surface area (Å²) in [5.74, 6) is -1.20. The average Bonchev–Trinajstić information content (AvgIpc) is 2.61. The molecule has 0 bridgehead atoms. The molecular formula is C19H15FN2O3. The fourth-order valence-corrected chi connectivity index (χ4v) is 2.48. The molecule has 0 spiro atoms. The van der Waals surface area contributed by atoms with E-state index in [1.807, 2.05) is 0 Å². The van der Waals surface area contributed by atoms with Crippen molar-refractivity contribution >= 4 is 28.5 Å². The Labute approximate surface area is 143 Å². The number of fused-ring (bicyclic) bond motifs is 1. The Kier molecular flexibility index (Phi) is 4.43. The van der Waals surface area contributed by atoms with Gasteiger partial charge in [-0.1, -0.05) is 0 Å². The highest BCUT2D eigenvalue weighted by molar-refractivity contribution is 6.07. The van der Waals surface area contributed by atoms with Crippen LogP contribution in [0.15, 0.2) is 48.5 Å². The van der Waals surface area contributed by atoms with Gasteiger partial charge in [0.05, 0.1) is 29.4 Å². The summed E-state index contributed by atoms with van der Waals surface area (Å²) >= 11 is 0. The average molecular weight is 338 g/mol. The van der Waals surface area contributed by atoms with Gasteiger partial charge >= 0.3 is 5.97 Å². The van der Waals surface area contributed by atoms with E-state index in [2.05, 4.69) is 15.0 Å². The third-order valence-corrected chi connectivity index (χ3v) is 3.78. The third-order valence-electron chi connectivity index (χ3n) is 3.78. The number of methoxy groups -OCH3 is 1. The van der Waals surface area contributed by atoms with Gasteiger partial charge in [-0.15, -0.1) is 0 Å². The Morgan fingerprint density at radius 2 is 1.80 bits per heavy atom. The van der Waals surface area contributed by atoms with Gasteiger partial charge in [-0.25, -0.2) is 9.18 Å². The Morgan fingerprint density at radius 1 is 1.08 bits per heavy atom. The maximum atomic E-state index is 13.4. The molecule has 0 aliphatic carbocycles. The lowest BCUT2D eigenvalue weighted by molar-refractivity contribution is 0.0600. The SMILES string of the molecule is COC(=O)c1ccc(NC(=O)c2cc3cc(F)ccc3nc2C)cc1. The molecule has 1 amide bonds. The van der Waals surface area contributed by atoms with Crippen molar-refractivity contribution in [3.8, 4) is 0 Å². The maximum absolute atomic E-state index is 13.4. The molecule has 0 aliphatic rings. The molecule has 0 aliphatic heterocycles. The quantitative estimate of drug-likeness (QED) is 0.739. The molecule has 1 N–H and O–H groups in total. The summed E-state index contributed by atoms with van der Waals surface area (Å²) in [6.07, 6.45) is 0. The molecule has 2 aromatic carbocycles. The van der Waals surface area contributed by atoms with Crippen LogP contribution in [0.2, 0.25) is 0 Å². The van der Waals surface area contributed by atoms with Crippen LogP contribution in [0.5, 0.6) is 0 Å². The zero-order chi connectivity index (χ0) is 18.0. The van der Waals surface area contributed by atoms with E-state index < -0.39 is 5.97 Å². The number of aromatic nitrogens is 1. The monoisotopic (exact) mass is 338 g/mol. The number of esters is 1. The first-order chi connectivity index (χ1) is 12.0. The fourth-order valence-electron chi connectivity index (χ4n) is 2.48. The minimum atomic E-state index is -0.450. The predicted octanol–water partition coefficient (Wildman–Crippen LogP) is 3.72. The van der Waals surface area contributed by atoms with Crippen molar-refractivity contribution in [2.24, 2.45) is 0 Å². The maximum Gasteiger partial charge on any atom is 0.337 e. The van der Waals surface area contributed by atoms with Gasteiger partial charge in [0.1, 0.15) is 5.82 Å². The van der Waals surface area contributed by atoms with Crippen LogP contribution >= 0.6 is 0 Å². The summed E-state index contributed by atoms with van der Waals surface area (Å²) in [4.78, 5) is 28.3. The zero-order valence-electron chi connectivity index (χ0n) is 13.7. The van der Waals surface area contributed by atoms with E-state index in [0.717, 1.165) is 0 Å². The van der Waals surface area contributed by atoms with Crippen molar-refractivity contribution in [3.05, 3.63) is 71.2 Å². The first kappa shape index (κ1) is 16.6. The molecule has 6 heteroatoms. The van der Waals surface area contributed by atoms with Crippen LogP contribution in [0.4, 0.5) is 10.1 Å². The summed E-state index contributed by atoms with van der Waals surface area (Å²) in [5.41, 5.74) is 2.44. The van der Waals surface area contributed by atoms with Crippen molar-refractivity contribution in [2.45, 2.75) is 6.92 Å². The van der Waals surface area contributed by atoms with Crippen molar-refractivity contribution in [1.82, 2.24) is 4.98 Å². The second-order valence-corrected chi connectivity index (χ2v) is 5.48. The number of aryl methyl sites for hydroxylation is 1. The van der Waals surface area contributed by atoms with E-state index in [0.29, 0.717) is 33.4 Å². The lowest BCUT2D eigenvalue weighted by Gasteiger charge is -2.09. The number of halogens is 1. The van der Waals surface area contributed by atoms with E-state index in [9.17, 15) is 14.0 Å². The number of pyridine rings is 1. The number of benzene rings is 2. The highest BCUT2D eigenvalue weighted by Crippen LogP contribution is 2.19. The van der Waals surface area contributed by atoms with Crippen molar-refractivity contribution in [1.29, 1.82) is 0 Å². The number of ether oxygens (including phenoxy) is 1. The first-order valence-electron chi connectivity index (χ1n) is 7.54. The van der Waals surface area contributed by atoms with Crippen LogP contribution in [0, 0.1) is 12.7 Å². The second-order valence-electron chi connectivity index (χ2n) is 5.48. The summed E-state index contributed by atoms with van der Waals surface area (Å²) < 4.78 is 18.0. The lowest BCUT2D eigenvalue weighted by atomic mass is 10.1. The summed E-state index contributed by atoms with van der Waals surface area (Å²) in [5, 5.41) is 3.29. The Morgan fingerprint density at radius 3 is 2.48 bits per heavy atom. The van der Waals surface area contributed by atoms with Crippen LogP contribution in [-0.2, 0) is 4.74 Å². The molecule has 0 atom stereocenters. The smallest absolute Gasteiger partial charge is 0.337 e. The molecule has 3 rings (SSSR count). The topological polar surface area (TPSA) is 68.3 Å². The largest absolute Gasteiger partial charge is 0.465 e. The molecule has 1 heterocycles. The van der Waals surface area contributed by atoms with Gasteiger partial charge in [-0.3, -0.25) is 9.78 Å². The van der Waals surface area contributed by atoms with Gasteiger partial charge in [0, 0.05) is 11.1 Å². The van der Waals surface area contributed by atoms with Crippen LogP contribution < -0.4 is 5.32 Å². The number of rotatable bonds is 3. The molecule has 5 nitrogen and oxygen atoms in total. The number of carbonyl (C=O) groups excluding carboxylic acids is 2. The standard InChI is InChI=1S/C19H15FN2O3/c1-11-16(10-13-9-14(20)5-8-17(13)21-11)18(23)22-15-6-3-12(4-7-15)19(24)25-2/h3-10H,1-2H3,(H,22,23). The summed E-state index contributed by atoms with van der Waals surface area (Å²) in [7, 11) is 1.30. The highest BCUT2D eigenvalue weighted by atomic mass is 19.1. The Hall–Kier alpha value is -3.28. The van der Waals surface area contributed by atoms with Crippen molar-refractivity contribution < 1.29 is 18.7 Å². The summed E-state index contributed by atoms with van der Waals surface area (Å²) in [6, 6.07) is 12.2. The number of hydrogen-bond acceptors (Lipinski definition) is 4. The minimum Gasteiger partial charge on any atom is -0.465 e. The van der Waals surface area contributed by atoms with E-state index in [1.165, 1.54) is 19.2 Å². The van der Waals surface area contributed by atoms with Crippen LogP contribution in [-0.4, -0.2) is 24.0 Å². The van der Waals surface area contributed by atoms with E-state index in [-0.39, 0.29) is 11.7 Å². The molecule has 0 saturated heterocycles. The lowest BCUT2D eigenvalue weighted by Crippen LogP contribution is -2.14. The van der Waals surface area contributed by atoms with Crippen LogP contribution in [0.1, 0.15) is 26.4 Å². The molecule has 25 heavy (non-hydrogen) atoms. The van der Waals surface area contributed by atoms with Gasteiger partial charge in [-0.05, 0) is 55.5 Å². The second kappa shape index (κ2) is 6.68. The molecular weight excluding hydrogens is 323 g/mol. The highest BCUT2D eigenvalue weighted by Gasteiger charge is 2.13. The first-order valence-corrected chi connectivity index (χ1v) is 7.54. The Balaban J connectivity index is 1.86. The Bertz CT molecular complexity index is 968. The van der Waals surface area contributed by atoms with E-state index >= 15 is 0 Å². The number of nitrogens with zero attached hydrogens (tertiary/aromatic N) is 1. The van der Waals surface area contributed by atoms with E-state index in [4.69, 9.17) is 0 Å². The van der Waals surface area contributed by atoms with Crippen LogP contribution in [0.3, 0.4) is 0 Å². The number of anilines is 1. The van der Waals surface area contributed by atoms with Crippen molar-refractivity contribution in [2.75, 3.05) is 12.4 Å². The molecule has 126 valence electrons. The molecule has 3 aromatic rings. The summed E-state index contributed by atoms with van der Waals surface area (Å²) in [6.45, 7) is 1.72. The van der Waals surface area contributed by atoms with Gasteiger partial charge < -0.3 is 10.1 Å². The number of hydrogen-bond donors (Lipinski definition) is 1. The molecule has 0 fully saturated rings. The van der Waals surface area contributed by atoms with Crippen molar-refractivity contribution in [3.63, 3.8) is 0 Å². The predicted molar refractivity (Wildman–Crippen MR) is 92.2 cm³/mol. The van der Waals surface area contributed by atoms with Gasteiger partial charge in [0.15, 0.2) is 0 Å². The third kappa shape index (κ3) is 3.47. The van der Waals surface area contributed by atoms with Gasteiger partial charge in [0.25, 0.3) is 5.91 Å². The molecule has 1 aromatic heterocycles. The minimum absolute atomic E-state index is 0.357. The number of carbonyl (C=O) groups is 2. The van der Waals surface area contributed by atoms with Gasteiger partial charge in [-0.2, -0.15) is 0 Å². The normalized spacial score (nSPS) is 10.5. The molecule has 0 unspecified atom stereocenters. The van der Waals surface area contributed by atoms with Gasteiger partial charge in [0.2, 0.25) is 0 Å². The van der Waals surface area contributed by atoms with E-state index in [1.54, 1.807) is 43.3 Å². The number of amides is 1. The van der Waals surface area contributed by atoms with Crippen LogP contribution in [0.25, 0.3) is 10.9 Å². The molecule has 0 radical (unpaired) electrons. The number of nitrogens with one attached hydrogen (secondary N) is 1. The zero-order valence-corrected chi connectivity index (χ0v) is 13.7. The fraction of sp³-hybridized carbons (Fsp3) is 0.105.